The maximum atomic E-state index is 12.7. The van der Waals surface area contributed by atoms with Crippen LogP contribution in [0.25, 0.3) is 5.65 Å². The molecule has 0 bridgehead atoms. The van der Waals surface area contributed by atoms with Gasteiger partial charge < -0.3 is 24.0 Å². The van der Waals surface area contributed by atoms with E-state index in [-0.39, 0.29) is 5.91 Å². The van der Waals surface area contributed by atoms with Crippen molar-refractivity contribution in [3.63, 3.8) is 0 Å². The second-order valence-electron chi connectivity index (χ2n) is 7.67. The molecule has 1 amide bonds. The van der Waals surface area contributed by atoms with E-state index in [0.29, 0.717) is 63.8 Å². The predicted octanol–water partition coefficient (Wildman–Crippen LogP) is 0.259. The average molecular weight is 402 g/mol. The van der Waals surface area contributed by atoms with Crippen molar-refractivity contribution in [1.82, 2.24) is 24.7 Å². The number of carbonyl (C=O) groups is 1. The molecule has 10 heteroatoms. The average Bonchev–Trinajstić information content (AvgIpc) is 3.40. The SMILES string of the molecule is O=C(CCc1nnc2ccc(N3CCOCC3)nn12)N1CCC2(CC1)OCCO2. The molecule has 29 heavy (non-hydrogen) atoms. The van der Waals surface area contributed by atoms with Gasteiger partial charge in [-0.25, -0.2) is 0 Å². The lowest BCUT2D eigenvalue weighted by atomic mass is 10.0. The molecule has 1 spiro atoms. The van der Waals surface area contributed by atoms with Gasteiger partial charge in [0.1, 0.15) is 5.82 Å². The fourth-order valence-corrected chi connectivity index (χ4v) is 4.20. The zero-order valence-corrected chi connectivity index (χ0v) is 16.5. The molecule has 3 aliphatic heterocycles. The number of ether oxygens (including phenoxy) is 3. The second-order valence-corrected chi connectivity index (χ2v) is 7.67. The minimum absolute atomic E-state index is 0.124. The highest BCUT2D eigenvalue weighted by atomic mass is 16.7. The van der Waals surface area contributed by atoms with Gasteiger partial charge >= 0.3 is 0 Å². The second kappa shape index (κ2) is 7.85. The highest BCUT2D eigenvalue weighted by Gasteiger charge is 2.40. The Morgan fingerprint density at radius 3 is 2.52 bits per heavy atom. The monoisotopic (exact) mass is 402 g/mol. The van der Waals surface area contributed by atoms with Crippen LogP contribution >= 0.6 is 0 Å². The Morgan fingerprint density at radius 1 is 1.00 bits per heavy atom. The van der Waals surface area contributed by atoms with E-state index in [2.05, 4.69) is 15.1 Å². The summed E-state index contributed by atoms with van der Waals surface area (Å²) in [5.74, 6) is 1.25. The molecule has 5 heterocycles. The third-order valence-corrected chi connectivity index (χ3v) is 5.90. The third kappa shape index (κ3) is 3.79. The highest BCUT2D eigenvalue weighted by Crippen LogP contribution is 2.31. The molecule has 10 nitrogen and oxygen atoms in total. The fourth-order valence-electron chi connectivity index (χ4n) is 4.20. The van der Waals surface area contributed by atoms with Crippen LogP contribution in [0.4, 0.5) is 5.82 Å². The molecule has 0 atom stereocenters. The summed E-state index contributed by atoms with van der Waals surface area (Å²) in [6.07, 6.45) is 2.36. The smallest absolute Gasteiger partial charge is 0.223 e. The summed E-state index contributed by atoms with van der Waals surface area (Å²) in [5.41, 5.74) is 0.694. The summed E-state index contributed by atoms with van der Waals surface area (Å²) < 4.78 is 18.6. The number of anilines is 1. The number of carbonyl (C=O) groups excluding carboxylic acids is 1. The van der Waals surface area contributed by atoms with E-state index in [0.717, 1.165) is 31.7 Å². The van der Waals surface area contributed by atoms with Crippen molar-refractivity contribution in [1.29, 1.82) is 0 Å². The first kappa shape index (κ1) is 18.7. The van der Waals surface area contributed by atoms with Crippen LogP contribution in [0, 0.1) is 0 Å². The normalized spacial score (nSPS) is 21.9. The van der Waals surface area contributed by atoms with Gasteiger partial charge in [0.05, 0.1) is 26.4 Å². The molecule has 5 rings (SSSR count). The summed E-state index contributed by atoms with van der Waals surface area (Å²) >= 11 is 0. The van der Waals surface area contributed by atoms with Gasteiger partial charge in [0.25, 0.3) is 0 Å². The number of aromatic nitrogens is 4. The van der Waals surface area contributed by atoms with Crippen molar-refractivity contribution in [3.05, 3.63) is 18.0 Å². The largest absolute Gasteiger partial charge is 0.378 e. The fraction of sp³-hybridized carbons (Fsp3) is 0.684. The Bertz CT molecular complexity index is 865. The van der Waals surface area contributed by atoms with E-state index in [1.54, 1.807) is 4.52 Å². The Balaban J connectivity index is 1.22. The zero-order chi connectivity index (χ0) is 19.7. The lowest BCUT2D eigenvalue weighted by Gasteiger charge is -2.37. The molecular formula is C19H26N6O4. The Kier molecular flexibility index (Phi) is 5.06. The summed E-state index contributed by atoms with van der Waals surface area (Å²) in [5, 5.41) is 13.1. The van der Waals surface area contributed by atoms with Crippen LogP contribution in [-0.4, -0.2) is 89.0 Å². The number of amides is 1. The maximum Gasteiger partial charge on any atom is 0.223 e. The standard InChI is InChI=1S/C19H26N6O4/c26-18(24-7-5-19(6-8-24)28-13-14-29-19)4-3-16-21-20-15-1-2-17(22-25(15)16)23-9-11-27-12-10-23/h1-2H,3-14H2. The van der Waals surface area contributed by atoms with Crippen LogP contribution in [-0.2, 0) is 25.4 Å². The number of hydrogen-bond donors (Lipinski definition) is 0. The van der Waals surface area contributed by atoms with Crippen LogP contribution in [0.3, 0.4) is 0 Å². The van der Waals surface area contributed by atoms with E-state index >= 15 is 0 Å². The van der Waals surface area contributed by atoms with Crippen molar-refractivity contribution < 1.29 is 19.0 Å². The number of nitrogens with zero attached hydrogens (tertiary/aromatic N) is 6. The van der Waals surface area contributed by atoms with Crippen molar-refractivity contribution >= 4 is 17.4 Å². The Morgan fingerprint density at radius 2 is 1.76 bits per heavy atom. The van der Waals surface area contributed by atoms with Gasteiger partial charge in [0.2, 0.25) is 5.91 Å². The molecular weight excluding hydrogens is 376 g/mol. The van der Waals surface area contributed by atoms with Crippen molar-refractivity contribution in [2.75, 3.05) is 57.5 Å². The molecule has 3 saturated heterocycles. The molecule has 3 aliphatic rings. The van der Waals surface area contributed by atoms with Gasteiger partial charge in [-0.3, -0.25) is 4.79 Å². The predicted molar refractivity (Wildman–Crippen MR) is 103 cm³/mol. The lowest BCUT2D eigenvalue weighted by molar-refractivity contribution is -0.187. The summed E-state index contributed by atoms with van der Waals surface area (Å²) in [4.78, 5) is 16.8. The van der Waals surface area contributed by atoms with E-state index in [1.165, 1.54) is 0 Å². The third-order valence-electron chi connectivity index (χ3n) is 5.90. The number of rotatable bonds is 4. The van der Waals surface area contributed by atoms with Crippen LogP contribution in [0.15, 0.2) is 12.1 Å². The summed E-state index contributed by atoms with van der Waals surface area (Å²) in [6.45, 7) is 5.67. The molecule has 0 aromatic carbocycles. The number of aryl methyl sites for hydroxylation is 1. The zero-order valence-electron chi connectivity index (χ0n) is 16.5. The number of hydrogen-bond acceptors (Lipinski definition) is 8. The number of morpholine rings is 1. The first-order valence-corrected chi connectivity index (χ1v) is 10.3. The summed E-state index contributed by atoms with van der Waals surface area (Å²) in [7, 11) is 0. The molecule has 0 N–H and O–H groups in total. The number of likely N-dealkylation sites (tertiary alicyclic amines) is 1. The van der Waals surface area contributed by atoms with Gasteiger partial charge in [-0.2, -0.15) is 4.52 Å². The minimum Gasteiger partial charge on any atom is -0.378 e. The van der Waals surface area contributed by atoms with Crippen LogP contribution in [0.2, 0.25) is 0 Å². The minimum atomic E-state index is -0.459. The number of fused-ring (bicyclic) bond motifs is 1. The van der Waals surface area contributed by atoms with Crippen molar-refractivity contribution in [3.8, 4) is 0 Å². The molecule has 0 saturated carbocycles. The highest BCUT2D eigenvalue weighted by molar-refractivity contribution is 5.76. The van der Waals surface area contributed by atoms with E-state index in [4.69, 9.17) is 19.3 Å². The maximum absolute atomic E-state index is 12.7. The lowest BCUT2D eigenvalue weighted by Crippen LogP contribution is -2.47. The number of piperidine rings is 1. The van der Waals surface area contributed by atoms with Gasteiger partial charge in [-0.1, -0.05) is 0 Å². The first-order chi connectivity index (χ1) is 14.2. The van der Waals surface area contributed by atoms with E-state index in [9.17, 15) is 4.79 Å². The molecule has 2 aromatic rings. The molecule has 156 valence electrons. The topological polar surface area (TPSA) is 94.3 Å². The molecule has 0 radical (unpaired) electrons. The van der Waals surface area contributed by atoms with Gasteiger partial charge in [-0.05, 0) is 12.1 Å². The Labute approximate surface area is 168 Å². The van der Waals surface area contributed by atoms with Gasteiger partial charge in [-0.15, -0.1) is 15.3 Å². The van der Waals surface area contributed by atoms with Crippen LogP contribution in [0.1, 0.15) is 25.1 Å². The summed E-state index contributed by atoms with van der Waals surface area (Å²) in [6, 6.07) is 3.88. The quantitative estimate of drug-likeness (QED) is 0.719. The van der Waals surface area contributed by atoms with Crippen molar-refractivity contribution in [2.24, 2.45) is 0 Å². The molecule has 0 unspecified atom stereocenters. The first-order valence-electron chi connectivity index (χ1n) is 10.3. The van der Waals surface area contributed by atoms with Gasteiger partial charge in [0.15, 0.2) is 17.3 Å². The molecule has 2 aromatic heterocycles. The van der Waals surface area contributed by atoms with Gasteiger partial charge in [0, 0.05) is 51.9 Å². The Hall–Kier alpha value is -2.30. The van der Waals surface area contributed by atoms with E-state index in [1.807, 2.05) is 17.0 Å². The van der Waals surface area contributed by atoms with Crippen LogP contribution < -0.4 is 4.90 Å². The molecule has 3 fully saturated rings. The van der Waals surface area contributed by atoms with Crippen LogP contribution in [0.5, 0.6) is 0 Å². The van der Waals surface area contributed by atoms with Crippen molar-refractivity contribution in [2.45, 2.75) is 31.5 Å². The molecule has 0 aliphatic carbocycles. The van der Waals surface area contributed by atoms with E-state index < -0.39 is 5.79 Å².